The summed E-state index contributed by atoms with van der Waals surface area (Å²) in [6.07, 6.45) is 7.85. The largest absolute Gasteiger partial charge is 0.311 e. The second-order valence-corrected chi connectivity index (χ2v) is 5.73. The molecule has 0 bridgehead atoms. The fraction of sp³-hybridized carbons (Fsp3) is 0.786. The zero-order valence-corrected chi connectivity index (χ0v) is 11.9. The third-order valence-corrected chi connectivity index (χ3v) is 3.55. The molecule has 102 valence electrons. The Bertz CT molecular complexity index is 358. The highest BCUT2D eigenvalue weighted by Gasteiger charge is 2.19. The van der Waals surface area contributed by atoms with Gasteiger partial charge in [0.25, 0.3) is 0 Å². The third-order valence-electron chi connectivity index (χ3n) is 3.55. The van der Waals surface area contributed by atoms with Crippen LogP contribution in [-0.2, 0) is 13.5 Å². The van der Waals surface area contributed by atoms with Gasteiger partial charge in [0.15, 0.2) is 0 Å². The lowest BCUT2D eigenvalue weighted by Crippen LogP contribution is -2.48. The predicted molar refractivity (Wildman–Crippen MR) is 74.6 cm³/mol. The molecule has 0 aromatic carbocycles. The number of hydrogen-bond acceptors (Lipinski definition) is 3. The zero-order valence-electron chi connectivity index (χ0n) is 11.9. The second-order valence-electron chi connectivity index (χ2n) is 5.73. The predicted octanol–water partition coefficient (Wildman–Crippen LogP) is 1.42. The highest BCUT2D eigenvalue weighted by molar-refractivity contribution is 5.04. The number of rotatable bonds is 5. The van der Waals surface area contributed by atoms with Gasteiger partial charge in [-0.3, -0.25) is 4.68 Å². The fourth-order valence-corrected chi connectivity index (χ4v) is 2.75. The molecular weight excluding hydrogens is 224 g/mol. The van der Waals surface area contributed by atoms with Crippen LogP contribution in [-0.4, -0.2) is 46.4 Å². The first-order valence-corrected chi connectivity index (χ1v) is 7.09. The first kappa shape index (κ1) is 13.6. The van der Waals surface area contributed by atoms with Gasteiger partial charge in [0.1, 0.15) is 0 Å². The van der Waals surface area contributed by atoms with E-state index in [1.165, 1.54) is 31.5 Å². The molecule has 2 rings (SSSR count). The molecule has 1 atom stereocenters. The summed E-state index contributed by atoms with van der Waals surface area (Å²) in [5.41, 5.74) is 1.34. The molecule has 18 heavy (non-hydrogen) atoms. The minimum absolute atomic E-state index is 0.591. The number of likely N-dealkylation sites (tertiary alicyclic amines) is 1. The highest BCUT2D eigenvalue weighted by Crippen LogP contribution is 2.11. The lowest BCUT2D eigenvalue weighted by molar-refractivity contribution is 0.187. The number of aromatic nitrogens is 2. The van der Waals surface area contributed by atoms with Gasteiger partial charge in [-0.15, -0.1) is 0 Å². The molecule has 0 radical (unpaired) electrons. The van der Waals surface area contributed by atoms with E-state index in [1.54, 1.807) is 0 Å². The Morgan fingerprint density at radius 3 is 3.00 bits per heavy atom. The Labute approximate surface area is 110 Å². The quantitative estimate of drug-likeness (QED) is 0.858. The molecule has 1 aliphatic heterocycles. The molecule has 1 saturated heterocycles. The Kier molecular flexibility index (Phi) is 4.78. The van der Waals surface area contributed by atoms with Crippen molar-refractivity contribution in [1.82, 2.24) is 20.0 Å². The Balaban J connectivity index is 1.75. The van der Waals surface area contributed by atoms with Gasteiger partial charge in [-0.1, -0.05) is 13.8 Å². The van der Waals surface area contributed by atoms with E-state index in [4.69, 9.17) is 0 Å². The SMILES string of the molecule is CC(C)NC1CCCN(CCc2cnn(C)c2)C1. The van der Waals surface area contributed by atoms with Crippen LogP contribution in [0.15, 0.2) is 12.4 Å². The van der Waals surface area contributed by atoms with E-state index in [0.29, 0.717) is 12.1 Å². The molecule has 1 N–H and O–H groups in total. The number of aryl methyl sites for hydroxylation is 1. The van der Waals surface area contributed by atoms with Gasteiger partial charge in [-0.05, 0) is 31.4 Å². The molecule has 0 saturated carbocycles. The van der Waals surface area contributed by atoms with E-state index in [0.717, 1.165) is 13.0 Å². The molecular formula is C14H26N4. The number of nitrogens with one attached hydrogen (secondary N) is 1. The maximum Gasteiger partial charge on any atom is 0.0522 e. The Morgan fingerprint density at radius 1 is 1.50 bits per heavy atom. The summed E-state index contributed by atoms with van der Waals surface area (Å²) in [4.78, 5) is 2.58. The molecule has 4 nitrogen and oxygen atoms in total. The minimum Gasteiger partial charge on any atom is -0.311 e. The molecule has 4 heteroatoms. The summed E-state index contributed by atoms with van der Waals surface area (Å²) in [6, 6.07) is 1.26. The average Bonchev–Trinajstić information content (AvgIpc) is 2.72. The summed E-state index contributed by atoms with van der Waals surface area (Å²) < 4.78 is 1.88. The van der Waals surface area contributed by atoms with Crippen molar-refractivity contribution in [2.75, 3.05) is 19.6 Å². The van der Waals surface area contributed by atoms with Gasteiger partial charge in [0.05, 0.1) is 6.20 Å². The van der Waals surface area contributed by atoms with Crippen molar-refractivity contribution in [3.63, 3.8) is 0 Å². The summed E-state index contributed by atoms with van der Waals surface area (Å²) in [7, 11) is 1.98. The first-order chi connectivity index (χ1) is 8.63. The van der Waals surface area contributed by atoms with Crippen LogP contribution in [0.5, 0.6) is 0 Å². The van der Waals surface area contributed by atoms with Crippen molar-refractivity contribution in [2.24, 2.45) is 7.05 Å². The third kappa shape index (κ3) is 4.10. The lowest BCUT2D eigenvalue weighted by Gasteiger charge is -2.34. The van der Waals surface area contributed by atoms with E-state index in [-0.39, 0.29) is 0 Å². The molecule has 0 aliphatic carbocycles. The molecule has 2 heterocycles. The molecule has 1 aromatic rings. The van der Waals surface area contributed by atoms with E-state index < -0.39 is 0 Å². The van der Waals surface area contributed by atoms with Crippen LogP contribution in [0.1, 0.15) is 32.3 Å². The number of nitrogens with zero attached hydrogens (tertiary/aromatic N) is 3. The maximum absolute atomic E-state index is 4.22. The van der Waals surface area contributed by atoms with Crippen LogP contribution < -0.4 is 5.32 Å². The second kappa shape index (κ2) is 6.34. The van der Waals surface area contributed by atoms with E-state index >= 15 is 0 Å². The van der Waals surface area contributed by atoms with Crippen LogP contribution in [0.4, 0.5) is 0 Å². The topological polar surface area (TPSA) is 33.1 Å². The molecule has 1 aliphatic rings. The monoisotopic (exact) mass is 250 g/mol. The van der Waals surface area contributed by atoms with Crippen LogP contribution in [0.3, 0.4) is 0 Å². The van der Waals surface area contributed by atoms with Crippen molar-refractivity contribution >= 4 is 0 Å². The number of hydrogen-bond donors (Lipinski definition) is 1. The van der Waals surface area contributed by atoms with Crippen molar-refractivity contribution in [3.05, 3.63) is 18.0 Å². The highest BCUT2D eigenvalue weighted by atomic mass is 15.2. The van der Waals surface area contributed by atoms with E-state index in [9.17, 15) is 0 Å². The van der Waals surface area contributed by atoms with E-state index in [2.05, 4.69) is 35.4 Å². The molecule has 1 fully saturated rings. The number of piperidine rings is 1. The van der Waals surface area contributed by atoms with Crippen molar-refractivity contribution in [1.29, 1.82) is 0 Å². The van der Waals surface area contributed by atoms with E-state index in [1.807, 2.05) is 17.9 Å². The average molecular weight is 250 g/mol. The molecule has 0 amide bonds. The van der Waals surface area contributed by atoms with Crippen molar-refractivity contribution in [2.45, 2.75) is 45.2 Å². The van der Waals surface area contributed by atoms with Crippen molar-refractivity contribution < 1.29 is 0 Å². The van der Waals surface area contributed by atoms with Gasteiger partial charge in [-0.2, -0.15) is 5.10 Å². The standard InChI is InChI=1S/C14H26N4/c1-12(2)16-14-5-4-7-18(11-14)8-6-13-9-15-17(3)10-13/h9-10,12,14,16H,4-8,11H2,1-3H3. The Morgan fingerprint density at radius 2 is 2.33 bits per heavy atom. The van der Waals surface area contributed by atoms with Crippen LogP contribution >= 0.6 is 0 Å². The maximum atomic E-state index is 4.22. The van der Waals surface area contributed by atoms with Gasteiger partial charge in [0, 0.05) is 38.4 Å². The lowest BCUT2D eigenvalue weighted by atomic mass is 10.0. The summed E-state index contributed by atoms with van der Waals surface area (Å²) in [6.45, 7) is 8.06. The van der Waals surface area contributed by atoms with Crippen molar-refractivity contribution in [3.8, 4) is 0 Å². The van der Waals surface area contributed by atoms with Crippen LogP contribution in [0.2, 0.25) is 0 Å². The molecule has 0 spiro atoms. The van der Waals surface area contributed by atoms with Gasteiger partial charge in [0.2, 0.25) is 0 Å². The summed E-state index contributed by atoms with van der Waals surface area (Å²) in [5, 5.41) is 7.88. The first-order valence-electron chi connectivity index (χ1n) is 7.09. The van der Waals surface area contributed by atoms with Gasteiger partial charge >= 0.3 is 0 Å². The van der Waals surface area contributed by atoms with Crippen LogP contribution in [0.25, 0.3) is 0 Å². The molecule has 1 unspecified atom stereocenters. The summed E-state index contributed by atoms with van der Waals surface area (Å²) in [5.74, 6) is 0. The van der Waals surface area contributed by atoms with Gasteiger partial charge < -0.3 is 10.2 Å². The summed E-state index contributed by atoms with van der Waals surface area (Å²) >= 11 is 0. The smallest absolute Gasteiger partial charge is 0.0522 e. The zero-order chi connectivity index (χ0) is 13.0. The van der Waals surface area contributed by atoms with Gasteiger partial charge in [-0.25, -0.2) is 0 Å². The normalized spacial score (nSPS) is 21.7. The Hall–Kier alpha value is -0.870. The van der Waals surface area contributed by atoms with Crippen LogP contribution in [0, 0.1) is 0 Å². The molecule has 1 aromatic heterocycles. The minimum atomic E-state index is 0.591. The fourth-order valence-electron chi connectivity index (χ4n) is 2.75.